The molecule has 28 heavy (non-hydrogen) atoms. The third-order valence-electron chi connectivity index (χ3n) is 5.15. The van der Waals surface area contributed by atoms with E-state index in [2.05, 4.69) is 11.2 Å². The highest BCUT2D eigenvalue weighted by Gasteiger charge is 2.30. The van der Waals surface area contributed by atoms with E-state index < -0.39 is 0 Å². The summed E-state index contributed by atoms with van der Waals surface area (Å²) >= 11 is 0. The first-order chi connectivity index (χ1) is 13.6. The lowest BCUT2D eigenvalue weighted by molar-refractivity contribution is 0.0593. The van der Waals surface area contributed by atoms with Crippen LogP contribution in [0.3, 0.4) is 0 Å². The summed E-state index contributed by atoms with van der Waals surface area (Å²) in [6.07, 6.45) is 1.36. The third kappa shape index (κ3) is 3.90. The normalized spacial score (nSPS) is 18.0. The van der Waals surface area contributed by atoms with E-state index in [1.807, 2.05) is 31.2 Å². The molecule has 1 heterocycles. The summed E-state index contributed by atoms with van der Waals surface area (Å²) in [7, 11) is 1.49. The molecule has 6 nitrogen and oxygen atoms in total. The zero-order chi connectivity index (χ0) is 20.1. The zero-order valence-corrected chi connectivity index (χ0v) is 16.1. The second-order valence-corrected chi connectivity index (χ2v) is 6.82. The van der Waals surface area contributed by atoms with Gasteiger partial charge in [0, 0.05) is 5.56 Å². The molecule has 1 N–H and O–H groups in total. The van der Waals surface area contributed by atoms with Gasteiger partial charge in [-0.3, -0.25) is 4.79 Å². The molecule has 2 aromatic carbocycles. The standard InChI is InChI=1S/C22H23N3O3/c1-15-18(12-23)4-3-5-21(15)16-6-8-17(9-7-16)22(27)25-13-19(24-28-2)10-11-20(25)14-26/h3-9,20,26H,10-11,13-14H2,1-2H3/b24-19-. The highest BCUT2D eigenvalue weighted by molar-refractivity contribution is 5.99. The number of piperidine rings is 1. The fourth-order valence-corrected chi connectivity index (χ4v) is 3.55. The van der Waals surface area contributed by atoms with Gasteiger partial charge in [-0.25, -0.2) is 0 Å². The van der Waals surface area contributed by atoms with Gasteiger partial charge in [0.15, 0.2) is 0 Å². The molecular formula is C22H23N3O3. The molecule has 0 aromatic heterocycles. The van der Waals surface area contributed by atoms with Crippen LogP contribution in [-0.4, -0.2) is 47.9 Å². The average Bonchev–Trinajstić information content (AvgIpc) is 2.74. The maximum atomic E-state index is 13.0. The first-order valence-electron chi connectivity index (χ1n) is 9.20. The minimum atomic E-state index is -0.225. The van der Waals surface area contributed by atoms with Crippen LogP contribution in [0.4, 0.5) is 0 Å². The van der Waals surface area contributed by atoms with Crippen LogP contribution >= 0.6 is 0 Å². The van der Waals surface area contributed by atoms with Gasteiger partial charge in [0.1, 0.15) is 7.11 Å². The second-order valence-electron chi connectivity index (χ2n) is 6.82. The fraction of sp³-hybridized carbons (Fsp3) is 0.318. The Morgan fingerprint density at radius 1 is 1.32 bits per heavy atom. The van der Waals surface area contributed by atoms with Gasteiger partial charge in [-0.15, -0.1) is 0 Å². The lowest BCUT2D eigenvalue weighted by Crippen LogP contribution is -2.49. The predicted octanol–water partition coefficient (Wildman–Crippen LogP) is 3.13. The minimum absolute atomic E-state index is 0.0791. The number of benzene rings is 2. The fourth-order valence-electron chi connectivity index (χ4n) is 3.55. The Balaban J connectivity index is 1.85. The number of hydrogen-bond donors (Lipinski definition) is 1. The molecule has 1 saturated heterocycles. The number of nitriles is 1. The van der Waals surface area contributed by atoms with Crippen LogP contribution in [-0.2, 0) is 4.84 Å². The van der Waals surface area contributed by atoms with Gasteiger partial charge in [-0.05, 0) is 54.7 Å². The first kappa shape index (κ1) is 19.6. The Morgan fingerprint density at radius 3 is 2.71 bits per heavy atom. The molecule has 0 saturated carbocycles. The molecule has 1 atom stereocenters. The van der Waals surface area contributed by atoms with Gasteiger partial charge >= 0.3 is 0 Å². The van der Waals surface area contributed by atoms with Gasteiger partial charge in [-0.1, -0.05) is 29.4 Å². The van der Waals surface area contributed by atoms with Gasteiger partial charge in [0.25, 0.3) is 5.91 Å². The summed E-state index contributed by atoms with van der Waals surface area (Å²) < 4.78 is 0. The Labute approximate surface area is 164 Å². The van der Waals surface area contributed by atoms with Crippen molar-refractivity contribution < 1.29 is 14.7 Å². The van der Waals surface area contributed by atoms with E-state index in [4.69, 9.17) is 4.84 Å². The van der Waals surface area contributed by atoms with E-state index in [9.17, 15) is 15.2 Å². The Bertz CT molecular complexity index is 929. The molecule has 1 amide bonds. The van der Waals surface area contributed by atoms with E-state index in [-0.39, 0.29) is 18.6 Å². The number of nitrogens with zero attached hydrogens (tertiary/aromatic N) is 3. The molecule has 6 heteroatoms. The minimum Gasteiger partial charge on any atom is -0.399 e. The van der Waals surface area contributed by atoms with Crippen molar-refractivity contribution >= 4 is 11.6 Å². The molecule has 1 aliphatic heterocycles. The smallest absolute Gasteiger partial charge is 0.254 e. The maximum absolute atomic E-state index is 13.0. The van der Waals surface area contributed by atoms with Crippen LogP contribution in [0.5, 0.6) is 0 Å². The average molecular weight is 377 g/mol. The van der Waals surface area contributed by atoms with Crippen LogP contribution in [0, 0.1) is 18.3 Å². The van der Waals surface area contributed by atoms with Crippen molar-refractivity contribution in [2.24, 2.45) is 5.16 Å². The molecule has 3 rings (SSSR count). The molecule has 2 aromatic rings. The largest absolute Gasteiger partial charge is 0.399 e. The molecule has 0 spiro atoms. The van der Waals surface area contributed by atoms with Crippen molar-refractivity contribution in [2.45, 2.75) is 25.8 Å². The molecule has 1 aliphatic rings. The predicted molar refractivity (Wildman–Crippen MR) is 107 cm³/mol. The molecular weight excluding hydrogens is 354 g/mol. The zero-order valence-electron chi connectivity index (χ0n) is 16.1. The molecule has 0 radical (unpaired) electrons. The highest BCUT2D eigenvalue weighted by atomic mass is 16.6. The molecule has 1 unspecified atom stereocenters. The van der Waals surface area contributed by atoms with Gasteiger partial charge in [0.2, 0.25) is 0 Å². The molecule has 0 aliphatic carbocycles. The van der Waals surface area contributed by atoms with Crippen molar-refractivity contribution in [3.05, 3.63) is 59.2 Å². The third-order valence-corrected chi connectivity index (χ3v) is 5.15. The van der Waals surface area contributed by atoms with Crippen LogP contribution in [0.15, 0.2) is 47.6 Å². The van der Waals surface area contributed by atoms with Crippen molar-refractivity contribution in [1.29, 1.82) is 5.26 Å². The van der Waals surface area contributed by atoms with E-state index in [1.54, 1.807) is 23.1 Å². The van der Waals surface area contributed by atoms with Crippen molar-refractivity contribution in [1.82, 2.24) is 4.90 Å². The summed E-state index contributed by atoms with van der Waals surface area (Å²) in [5, 5.41) is 22.8. The summed E-state index contributed by atoms with van der Waals surface area (Å²) in [4.78, 5) is 19.5. The second kappa shape index (κ2) is 8.68. The van der Waals surface area contributed by atoms with E-state index >= 15 is 0 Å². The van der Waals surface area contributed by atoms with Crippen LogP contribution < -0.4 is 0 Å². The van der Waals surface area contributed by atoms with E-state index in [1.165, 1.54) is 7.11 Å². The summed E-state index contributed by atoms with van der Waals surface area (Å²) in [5.74, 6) is -0.142. The lowest BCUT2D eigenvalue weighted by atomic mass is 9.95. The van der Waals surface area contributed by atoms with E-state index in [0.717, 1.165) is 22.4 Å². The van der Waals surface area contributed by atoms with Gasteiger partial charge < -0.3 is 14.8 Å². The quantitative estimate of drug-likeness (QED) is 0.830. The topological polar surface area (TPSA) is 85.9 Å². The molecule has 0 bridgehead atoms. The van der Waals surface area contributed by atoms with Crippen molar-refractivity contribution in [2.75, 3.05) is 20.3 Å². The van der Waals surface area contributed by atoms with Gasteiger partial charge in [-0.2, -0.15) is 5.26 Å². The number of aliphatic hydroxyl groups excluding tert-OH is 1. The van der Waals surface area contributed by atoms with Crippen molar-refractivity contribution in [3.63, 3.8) is 0 Å². The van der Waals surface area contributed by atoms with Crippen molar-refractivity contribution in [3.8, 4) is 17.2 Å². The number of rotatable bonds is 4. The lowest BCUT2D eigenvalue weighted by Gasteiger charge is -2.35. The monoisotopic (exact) mass is 377 g/mol. The summed E-state index contributed by atoms with van der Waals surface area (Å²) in [6, 6.07) is 14.9. The van der Waals surface area contributed by atoms with Crippen LogP contribution in [0.2, 0.25) is 0 Å². The first-order valence-corrected chi connectivity index (χ1v) is 9.20. The number of oxime groups is 1. The van der Waals surface area contributed by atoms with Crippen LogP contribution in [0.1, 0.15) is 34.3 Å². The Kier molecular flexibility index (Phi) is 6.07. The number of aliphatic hydroxyl groups is 1. The highest BCUT2D eigenvalue weighted by Crippen LogP contribution is 2.26. The summed E-state index contributed by atoms with van der Waals surface area (Å²) in [5.41, 5.74) is 4.82. The number of hydrogen-bond acceptors (Lipinski definition) is 5. The van der Waals surface area contributed by atoms with Crippen LogP contribution in [0.25, 0.3) is 11.1 Å². The van der Waals surface area contributed by atoms with Gasteiger partial charge in [0.05, 0.1) is 36.5 Å². The number of carbonyl (C=O) groups is 1. The molecule has 144 valence electrons. The number of likely N-dealkylation sites (tertiary alicyclic amines) is 1. The Morgan fingerprint density at radius 2 is 2.07 bits per heavy atom. The maximum Gasteiger partial charge on any atom is 0.254 e. The molecule has 1 fully saturated rings. The number of carbonyl (C=O) groups excluding carboxylic acids is 1. The van der Waals surface area contributed by atoms with E-state index in [0.29, 0.717) is 30.5 Å². The number of amides is 1. The summed E-state index contributed by atoms with van der Waals surface area (Å²) in [6.45, 7) is 2.19. The Hall–Kier alpha value is -3.17. The SMILES string of the molecule is CO/N=C1/CCC(CO)N(C(=O)c2ccc(-c3cccc(C#N)c3C)cc2)C1.